The molecule has 2 aromatic rings. The average Bonchev–Trinajstić information content (AvgIpc) is 3.05. The van der Waals surface area contributed by atoms with Crippen molar-refractivity contribution in [2.45, 2.75) is 26.4 Å². The van der Waals surface area contributed by atoms with Gasteiger partial charge in [-0.1, -0.05) is 31.2 Å². The molecule has 118 valence electrons. The van der Waals surface area contributed by atoms with Crippen molar-refractivity contribution in [2.75, 3.05) is 20.6 Å². The van der Waals surface area contributed by atoms with Crippen molar-refractivity contribution in [3.05, 3.63) is 54.1 Å². The second-order valence-corrected chi connectivity index (χ2v) is 5.30. The molecule has 0 amide bonds. The van der Waals surface area contributed by atoms with E-state index in [1.165, 1.54) is 11.1 Å². The normalized spacial score (nSPS) is 11.5. The van der Waals surface area contributed by atoms with E-state index in [2.05, 4.69) is 58.4 Å². The zero-order chi connectivity index (χ0) is 15.8. The highest BCUT2D eigenvalue weighted by molar-refractivity contribution is 5.79. The van der Waals surface area contributed by atoms with Crippen LogP contribution in [0.2, 0.25) is 0 Å². The molecule has 0 fully saturated rings. The molecular weight excluding hydrogens is 274 g/mol. The molecule has 0 atom stereocenters. The third-order valence-electron chi connectivity index (χ3n) is 3.64. The summed E-state index contributed by atoms with van der Waals surface area (Å²) in [5.41, 5.74) is 2.66. The molecule has 1 N–H and O–H groups in total. The minimum Gasteiger partial charge on any atom is -0.354 e. The molecule has 0 saturated heterocycles. The number of nitrogens with zero attached hydrogens (tertiary/aromatic N) is 4. The summed E-state index contributed by atoms with van der Waals surface area (Å²) in [5.74, 6) is 0.902. The van der Waals surface area contributed by atoms with Crippen molar-refractivity contribution >= 4 is 5.96 Å². The number of hydrogen-bond acceptors (Lipinski definition) is 2. The predicted octanol–water partition coefficient (Wildman–Crippen LogP) is 2.15. The van der Waals surface area contributed by atoms with Gasteiger partial charge in [-0.3, -0.25) is 4.99 Å². The van der Waals surface area contributed by atoms with Crippen molar-refractivity contribution in [1.82, 2.24) is 19.8 Å². The molecule has 5 heteroatoms. The zero-order valence-corrected chi connectivity index (χ0v) is 13.7. The summed E-state index contributed by atoms with van der Waals surface area (Å²) in [4.78, 5) is 10.5. The first-order chi connectivity index (χ1) is 10.7. The summed E-state index contributed by atoms with van der Waals surface area (Å²) in [6, 6.07) is 8.76. The molecule has 0 unspecified atom stereocenters. The maximum atomic E-state index is 4.34. The fourth-order valence-electron chi connectivity index (χ4n) is 2.33. The lowest BCUT2D eigenvalue weighted by atomic mass is 10.1. The summed E-state index contributed by atoms with van der Waals surface area (Å²) in [5, 5.41) is 3.38. The van der Waals surface area contributed by atoms with E-state index in [-0.39, 0.29) is 0 Å². The molecule has 0 radical (unpaired) electrons. The third-order valence-corrected chi connectivity index (χ3v) is 3.64. The van der Waals surface area contributed by atoms with Crippen LogP contribution in [0.15, 0.2) is 48.0 Å². The Morgan fingerprint density at radius 1 is 1.27 bits per heavy atom. The van der Waals surface area contributed by atoms with Crippen molar-refractivity contribution in [3.63, 3.8) is 0 Å². The number of hydrogen-bond donors (Lipinski definition) is 1. The lowest BCUT2D eigenvalue weighted by molar-refractivity contribution is 0.473. The first-order valence-electron chi connectivity index (χ1n) is 7.68. The van der Waals surface area contributed by atoms with Crippen LogP contribution in [-0.4, -0.2) is 41.1 Å². The number of benzene rings is 1. The fraction of sp³-hybridized carbons (Fsp3) is 0.412. The van der Waals surface area contributed by atoms with E-state index in [4.69, 9.17) is 0 Å². The summed E-state index contributed by atoms with van der Waals surface area (Å²) >= 11 is 0. The Morgan fingerprint density at radius 3 is 2.59 bits per heavy atom. The summed E-state index contributed by atoms with van der Waals surface area (Å²) in [6.07, 6.45) is 6.65. The molecule has 1 heterocycles. The molecule has 1 aromatic carbocycles. The van der Waals surface area contributed by atoms with Gasteiger partial charge in [0.2, 0.25) is 0 Å². The SMILES string of the molecule is CCc1ccc(CN(C)C(=NC)NCCn2ccnc2)cc1. The van der Waals surface area contributed by atoms with Gasteiger partial charge in [0.05, 0.1) is 6.33 Å². The number of nitrogens with one attached hydrogen (secondary N) is 1. The lowest BCUT2D eigenvalue weighted by Gasteiger charge is -2.22. The Hall–Kier alpha value is -2.30. The van der Waals surface area contributed by atoms with E-state index in [0.29, 0.717) is 0 Å². The fourth-order valence-corrected chi connectivity index (χ4v) is 2.33. The smallest absolute Gasteiger partial charge is 0.193 e. The van der Waals surface area contributed by atoms with Gasteiger partial charge in [0, 0.05) is 46.1 Å². The second-order valence-electron chi connectivity index (χ2n) is 5.30. The number of guanidine groups is 1. The van der Waals surface area contributed by atoms with Gasteiger partial charge in [0.25, 0.3) is 0 Å². The zero-order valence-electron chi connectivity index (χ0n) is 13.7. The minimum atomic E-state index is 0.822. The summed E-state index contributed by atoms with van der Waals surface area (Å²) in [6.45, 7) is 4.71. The molecule has 1 aromatic heterocycles. The van der Waals surface area contributed by atoms with E-state index in [9.17, 15) is 0 Å². The van der Waals surface area contributed by atoms with E-state index >= 15 is 0 Å². The monoisotopic (exact) mass is 299 g/mol. The molecule has 0 bridgehead atoms. The maximum absolute atomic E-state index is 4.34. The Labute approximate surface area is 132 Å². The number of aliphatic imine (C=N–C) groups is 1. The van der Waals surface area contributed by atoms with E-state index in [1.807, 2.05) is 24.1 Å². The number of imidazole rings is 1. The van der Waals surface area contributed by atoms with Crippen LogP contribution in [0.5, 0.6) is 0 Å². The van der Waals surface area contributed by atoms with E-state index in [0.717, 1.165) is 32.0 Å². The standard InChI is InChI=1S/C17H25N5/c1-4-15-5-7-16(8-6-15)13-21(3)17(18-2)20-10-12-22-11-9-19-14-22/h5-9,11,14H,4,10,12-13H2,1-3H3,(H,18,20). The molecule has 0 aliphatic rings. The molecule has 0 spiro atoms. The highest BCUT2D eigenvalue weighted by Gasteiger charge is 2.06. The maximum Gasteiger partial charge on any atom is 0.193 e. The number of aryl methyl sites for hydroxylation is 1. The van der Waals surface area contributed by atoms with Crippen LogP contribution in [0.25, 0.3) is 0 Å². The first kappa shape index (κ1) is 16.1. The van der Waals surface area contributed by atoms with Gasteiger partial charge in [-0.15, -0.1) is 0 Å². The van der Waals surface area contributed by atoms with Crippen LogP contribution in [0, 0.1) is 0 Å². The minimum absolute atomic E-state index is 0.822. The Kier molecular flexibility index (Phi) is 6.01. The van der Waals surface area contributed by atoms with E-state index in [1.54, 1.807) is 6.20 Å². The molecular formula is C17H25N5. The lowest BCUT2D eigenvalue weighted by Crippen LogP contribution is -2.39. The van der Waals surface area contributed by atoms with Gasteiger partial charge >= 0.3 is 0 Å². The highest BCUT2D eigenvalue weighted by atomic mass is 15.3. The number of aromatic nitrogens is 2. The molecule has 5 nitrogen and oxygen atoms in total. The molecule has 0 saturated carbocycles. The van der Waals surface area contributed by atoms with E-state index < -0.39 is 0 Å². The quantitative estimate of drug-likeness (QED) is 0.657. The topological polar surface area (TPSA) is 45.5 Å². The Bertz CT molecular complexity index is 572. The highest BCUT2D eigenvalue weighted by Crippen LogP contribution is 2.07. The van der Waals surface area contributed by atoms with Gasteiger partial charge in [-0.2, -0.15) is 0 Å². The Balaban J connectivity index is 1.83. The summed E-state index contributed by atoms with van der Waals surface area (Å²) < 4.78 is 2.05. The van der Waals surface area contributed by atoms with Crippen LogP contribution in [0.4, 0.5) is 0 Å². The Morgan fingerprint density at radius 2 is 2.00 bits per heavy atom. The molecule has 2 rings (SSSR count). The molecule has 0 aliphatic carbocycles. The van der Waals surface area contributed by atoms with Crippen LogP contribution in [-0.2, 0) is 19.5 Å². The summed E-state index contributed by atoms with van der Waals surface area (Å²) in [7, 11) is 3.87. The van der Waals surface area contributed by atoms with Crippen molar-refractivity contribution in [2.24, 2.45) is 4.99 Å². The van der Waals surface area contributed by atoms with Gasteiger partial charge in [-0.05, 0) is 17.5 Å². The molecule has 22 heavy (non-hydrogen) atoms. The second kappa shape index (κ2) is 8.22. The largest absolute Gasteiger partial charge is 0.354 e. The van der Waals surface area contributed by atoms with Crippen LogP contribution in [0.3, 0.4) is 0 Å². The van der Waals surface area contributed by atoms with Crippen molar-refractivity contribution < 1.29 is 0 Å². The van der Waals surface area contributed by atoms with Crippen molar-refractivity contribution in [3.8, 4) is 0 Å². The van der Waals surface area contributed by atoms with Gasteiger partial charge in [0.15, 0.2) is 5.96 Å². The number of rotatable bonds is 6. The predicted molar refractivity (Wildman–Crippen MR) is 90.9 cm³/mol. The van der Waals surface area contributed by atoms with Crippen LogP contribution >= 0.6 is 0 Å². The first-order valence-corrected chi connectivity index (χ1v) is 7.68. The molecule has 0 aliphatic heterocycles. The van der Waals surface area contributed by atoms with Gasteiger partial charge < -0.3 is 14.8 Å². The van der Waals surface area contributed by atoms with Gasteiger partial charge in [0.1, 0.15) is 0 Å². The van der Waals surface area contributed by atoms with Gasteiger partial charge in [-0.25, -0.2) is 4.98 Å². The van der Waals surface area contributed by atoms with Crippen LogP contribution in [0.1, 0.15) is 18.1 Å². The van der Waals surface area contributed by atoms with Crippen molar-refractivity contribution in [1.29, 1.82) is 0 Å². The third kappa shape index (κ3) is 4.62. The van der Waals surface area contributed by atoms with Crippen LogP contribution < -0.4 is 5.32 Å². The average molecular weight is 299 g/mol.